The molecule has 0 aromatic heterocycles. The second-order valence-electron chi connectivity index (χ2n) is 5.96. The van der Waals surface area contributed by atoms with E-state index in [-0.39, 0.29) is 0 Å². The Morgan fingerprint density at radius 1 is 1.18 bits per heavy atom. The van der Waals surface area contributed by atoms with Crippen LogP contribution in [0.4, 0.5) is 0 Å². The fourth-order valence-electron chi connectivity index (χ4n) is 2.83. The molecule has 2 atom stereocenters. The molecule has 1 aliphatic rings. The first-order valence-corrected chi connectivity index (χ1v) is 7.59. The standard InChI is InChI=1S/C15H32N2/c1-6-13(7-2)10-17-11-15(12(4)5)16-9-14(17)8-3/h12-16H,6-11H2,1-5H3. The van der Waals surface area contributed by atoms with E-state index < -0.39 is 0 Å². The predicted octanol–water partition coefficient (Wildman–Crippen LogP) is 3.13. The summed E-state index contributed by atoms with van der Waals surface area (Å²) in [4.78, 5) is 2.75. The molecule has 1 fully saturated rings. The van der Waals surface area contributed by atoms with Crippen molar-refractivity contribution in [3.63, 3.8) is 0 Å². The molecule has 0 saturated carbocycles. The Hall–Kier alpha value is -0.0800. The lowest BCUT2D eigenvalue weighted by Gasteiger charge is -2.43. The van der Waals surface area contributed by atoms with E-state index in [2.05, 4.69) is 44.8 Å². The maximum atomic E-state index is 3.72. The van der Waals surface area contributed by atoms with Gasteiger partial charge in [0.25, 0.3) is 0 Å². The summed E-state index contributed by atoms with van der Waals surface area (Å²) in [6, 6.07) is 1.44. The van der Waals surface area contributed by atoms with Gasteiger partial charge < -0.3 is 5.32 Å². The average molecular weight is 240 g/mol. The van der Waals surface area contributed by atoms with E-state index in [1.165, 1.54) is 38.9 Å². The highest BCUT2D eigenvalue weighted by molar-refractivity contribution is 4.87. The molecular weight excluding hydrogens is 208 g/mol. The van der Waals surface area contributed by atoms with Gasteiger partial charge in [-0.25, -0.2) is 0 Å². The Morgan fingerprint density at radius 3 is 2.29 bits per heavy atom. The van der Waals surface area contributed by atoms with Crippen molar-refractivity contribution in [2.24, 2.45) is 11.8 Å². The molecule has 1 rings (SSSR count). The normalized spacial score (nSPS) is 27.0. The lowest BCUT2D eigenvalue weighted by atomic mass is 9.95. The molecule has 0 spiro atoms. The van der Waals surface area contributed by atoms with Crippen molar-refractivity contribution in [1.82, 2.24) is 10.2 Å². The third kappa shape index (κ3) is 4.26. The van der Waals surface area contributed by atoms with Crippen LogP contribution in [0, 0.1) is 11.8 Å². The molecule has 0 radical (unpaired) electrons. The molecule has 0 aromatic rings. The molecule has 0 aliphatic carbocycles. The van der Waals surface area contributed by atoms with Crippen molar-refractivity contribution in [3.8, 4) is 0 Å². The summed E-state index contributed by atoms with van der Waals surface area (Å²) in [6.45, 7) is 15.4. The lowest BCUT2D eigenvalue weighted by molar-refractivity contribution is 0.0910. The van der Waals surface area contributed by atoms with Gasteiger partial charge in [-0.3, -0.25) is 4.90 Å². The van der Waals surface area contributed by atoms with Crippen molar-refractivity contribution in [1.29, 1.82) is 0 Å². The predicted molar refractivity (Wildman–Crippen MR) is 76.4 cm³/mol. The second-order valence-corrected chi connectivity index (χ2v) is 5.96. The summed E-state index contributed by atoms with van der Waals surface area (Å²) >= 11 is 0. The van der Waals surface area contributed by atoms with E-state index in [1.807, 2.05) is 0 Å². The molecule has 1 N–H and O–H groups in total. The highest BCUT2D eigenvalue weighted by Crippen LogP contribution is 2.19. The van der Waals surface area contributed by atoms with Crippen LogP contribution in [0.2, 0.25) is 0 Å². The first-order valence-electron chi connectivity index (χ1n) is 7.59. The first kappa shape index (κ1) is 15.0. The van der Waals surface area contributed by atoms with Crippen LogP contribution in [-0.4, -0.2) is 36.6 Å². The second kappa shape index (κ2) is 7.38. The minimum absolute atomic E-state index is 0.687. The quantitative estimate of drug-likeness (QED) is 0.767. The van der Waals surface area contributed by atoms with E-state index >= 15 is 0 Å². The van der Waals surface area contributed by atoms with E-state index in [1.54, 1.807) is 0 Å². The van der Waals surface area contributed by atoms with Gasteiger partial charge in [0.15, 0.2) is 0 Å². The van der Waals surface area contributed by atoms with Gasteiger partial charge in [-0.1, -0.05) is 47.5 Å². The highest BCUT2D eigenvalue weighted by Gasteiger charge is 2.28. The van der Waals surface area contributed by atoms with Crippen molar-refractivity contribution in [3.05, 3.63) is 0 Å². The summed E-state index contributed by atoms with van der Waals surface area (Å²) in [5, 5.41) is 3.72. The zero-order chi connectivity index (χ0) is 12.8. The third-order valence-corrected chi connectivity index (χ3v) is 4.49. The molecule has 0 bridgehead atoms. The monoisotopic (exact) mass is 240 g/mol. The van der Waals surface area contributed by atoms with Crippen molar-refractivity contribution < 1.29 is 0 Å². The number of hydrogen-bond acceptors (Lipinski definition) is 2. The summed E-state index contributed by atoms with van der Waals surface area (Å²) in [6.07, 6.45) is 3.92. The summed E-state index contributed by atoms with van der Waals surface area (Å²) in [5.74, 6) is 1.63. The van der Waals surface area contributed by atoms with Crippen molar-refractivity contribution >= 4 is 0 Å². The molecule has 0 aromatic carbocycles. The molecule has 1 aliphatic heterocycles. The van der Waals surface area contributed by atoms with Crippen LogP contribution in [0.15, 0.2) is 0 Å². The van der Waals surface area contributed by atoms with E-state index in [0.717, 1.165) is 17.9 Å². The smallest absolute Gasteiger partial charge is 0.0218 e. The maximum absolute atomic E-state index is 3.72. The molecule has 2 nitrogen and oxygen atoms in total. The number of rotatable bonds is 6. The fraction of sp³-hybridized carbons (Fsp3) is 1.00. The van der Waals surface area contributed by atoms with Crippen molar-refractivity contribution in [2.45, 2.75) is 66.0 Å². The molecule has 102 valence electrons. The van der Waals surface area contributed by atoms with Gasteiger partial charge in [0, 0.05) is 31.7 Å². The summed E-state index contributed by atoms with van der Waals surface area (Å²) in [5.41, 5.74) is 0. The zero-order valence-electron chi connectivity index (χ0n) is 12.5. The highest BCUT2D eigenvalue weighted by atomic mass is 15.2. The molecule has 17 heavy (non-hydrogen) atoms. The van der Waals surface area contributed by atoms with Crippen LogP contribution in [0.25, 0.3) is 0 Å². The number of nitrogens with zero attached hydrogens (tertiary/aromatic N) is 1. The molecular formula is C15H32N2. The topological polar surface area (TPSA) is 15.3 Å². The molecule has 2 unspecified atom stereocenters. The van der Waals surface area contributed by atoms with Crippen LogP contribution in [0.3, 0.4) is 0 Å². The number of piperazine rings is 1. The molecule has 1 heterocycles. The third-order valence-electron chi connectivity index (χ3n) is 4.49. The molecule has 2 heteroatoms. The zero-order valence-corrected chi connectivity index (χ0v) is 12.5. The van der Waals surface area contributed by atoms with Crippen LogP contribution >= 0.6 is 0 Å². The van der Waals surface area contributed by atoms with Crippen molar-refractivity contribution in [2.75, 3.05) is 19.6 Å². The SMILES string of the molecule is CCC(CC)CN1CC(C(C)C)NCC1CC. The van der Waals surface area contributed by atoms with Crippen LogP contribution in [0.5, 0.6) is 0 Å². The largest absolute Gasteiger partial charge is 0.311 e. The number of hydrogen-bond donors (Lipinski definition) is 1. The van der Waals surface area contributed by atoms with Gasteiger partial charge in [0.05, 0.1) is 0 Å². The van der Waals surface area contributed by atoms with Crippen LogP contribution < -0.4 is 5.32 Å². The van der Waals surface area contributed by atoms with Crippen LogP contribution in [-0.2, 0) is 0 Å². The lowest BCUT2D eigenvalue weighted by Crippen LogP contribution is -2.58. The summed E-state index contributed by atoms with van der Waals surface area (Å²) in [7, 11) is 0. The van der Waals surface area contributed by atoms with Gasteiger partial charge in [-0.2, -0.15) is 0 Å². The first-order chi connectivity index (χ1) is 8.12. The van der Waals surface area contributed by atoms with Gasteiger partial charge in [0.2, 0.25) is 0 Å². The van der Waals surface area contributed by atoms with E-state index in [4.69, 9.17) is 0 Å². The fourth-order valence-corrected chi connectivity index (χ4v) is 2.83. The van der Waals surface area contributed by atoms with E-state index in [9.17, 15) is 0 Å². The van der Waals surface area contributed by atoms with Gasteiger partial charge in [-0.05, 0) is 18.3 Å². The Morgan fingerprint density at radius 2 is 1.82 bits per heavy atom. The van der Waals surface area contributed by atoms with Gasteiger partial charge in [-0.15, -0.1) is 0 Å². The minimum atomic E-state index is 0.687. The van der Waals surface area contributed by atoms with Gasteiger partial charge >= 0.3 is 0 Å². The number of nitrogens with one attached hydrogen (secondary N) is 1. The minimum Gasteiger partial charge on any atom is -0.311 e. The Labute approximate surface area is 108 Å². The average Bonchev–Trinajstić information content (AvgIpc) is 2.35. The molecule has 1 saturated heterocycles. The van der Waals surface area contributed by atoms with E-state index in [0.29, 0.717) is 6.04 Å². The Balaban J connectivity index is 2.56. The molecule has 0 amide bonds. The summed E-state index contributed by atoms with van der Waals surface area (Å²) < 4.78 is 0. The Bertz CT molecular complexity index is 197. The van der Waals surface area contributed by atoms with Crippen LogP contribution in [0.1, 0.15) is 53.9 Å². The van der Waals surface area contributed by atoms with Gasteiger partial charge in [0.1, 0.15) is 0 Å². The Kier molecular flexibility index (Phi) is 6.50. The maximum Gasteiger partial charge on any atom is 0.0218 e.